The van der Waals surface area contributed by atoms with Crippen molar-refractivity contribution in [2.24, 2.45) is 0 Å². The average Bonchev–Trinajstić information content (AvgIpc) is 3.51. The van der Waals surface area contributed by atoms with Crippen molar-refractivity contribution in [3.8, 4) is 0 Å². The number of H-pyrrole nitrogens is 1. The Bertz CT molecular complexity index is 1320. The first-order valence-electron chi connectivity index (χ1n) is 11.3. The van der Waals surface area contributed by atoms with E-state index in [4.69, 9.17) is 0 Å². The van der Waals surface area contributed by atoms with Gasteiger partial charge in [-0.1, -0.05) is 22.9 Å². The molecule has 35 heavy (non-hydrogen) atoms. The number of aromatic amines is 1. The van der Waals surface area contributed by atoms with E-state index >= 15 is 0 Å². The van der Waals surface area contributed by atoms with Crippen LogP contribution < -0.4 is 10.6 Å². The van der Waals surface area contributed by atoms with Gasteiger partial charge in [0.2, 0.25) is 0 Å². The van der Waals surface area contributed by atoms with Crippen molar-refractivity contribution >= 4 is 23.3 Å². The third kappa shape index (κ3) is 3.90. The van der Waals surface area contributed by atoms with Crippen LogP contribution in [0.5, 0.6) is 0 Å². The van der Waals surface area contributed by atoms with Crippen LogP contribution in [0.2, 0.25) is 0 Å². The lowest BCUT2D eigenvalue weighted by atomic mass is 9.71. The molecule has 3 heterocycles. The van der Waals surface area contributed by atoms with Crippen molar-refractivity contribution in [1.29, 1.82) is 0 Å². The molecule has 0 radical (unpaired) electrons. The number of Topliss-reactive ketones (excluding diaryl/α,β-unsaturated/α-hetero) is 1. The van der Waals surface area contributed by atoms with Crippen LogP contribution >= 0.6 is 0 Å². The van der Waals surface area contributed by atoms with Crippen molar-refractivity contribution in [3.05, 3.63) is 64.2 Å². The number of halogens is 2. The summed E-state index contributed by atoms with van der Waals surface area (Å²) in [4.78, 5) is 39.5. The number of aromatic nitrogens is 4. The second-order valence-electron chi connectivity index (χ2n) is 9.30. The summed E-state index contributed by atoms with van der Waals surface area (Å²) >= 11 is 0. The normalized spacial score (nSPS) is 17.4. The summed E-state index contributed by atoms with van der Waals surface area (Å²) < 4.78 is 29.4. The molecular formula is C24H24F2N6O3. The number of carbonyl (C=O) groups is 3. The minimum Gasteiger partial charge on any atom is -0.340 e. The topological polar surface area (TPSA) is 122 Å². The van der Waals surface area contributed by atoms with Crippen molar-refractivity contribution in [2.75, 3.05) is 5.32 Å². The molecule has 2 aliphatic rings. The average molecular weight is 482 g/mol. The van der Waals surface area contributed by atoms with Crippen LogP contribution in [0.25, 0.3) is 0 Å². The number of ketones is 1. The molecule has 11 heteroatoms. The Labute approximate surface area is 199 Å². The van der Waals surface area contributed by atoms with E-state index in [2.05, 4.69) is 26.0 Å². The lowest BCUT2D eigenvalue weighted by molar-refractivity contribution is -0.148. The van der Waals surface area contributed by atoms with Crippen molar-refractivity contribution < 1.29 is 23.2 Å². The van der Waals surface area contributed by atoms with Gasteiger partial charge in [-0.15, -0.1) is 5.10 Å². The second kappa shape index (κ2) is 8.10. The predicted octanol–water partition coefficient (Wildman–Crippen LogP) is 3.05. The summed E-state index contributed by atoms with van der Waals surface area (Å²) in [5.74, 6) is -5.24. The Balaban J connectivity index is 1.43. The highest BCUT2D eigenvalue weighted by Gasteiger charge is 2.60. The molecule has 1 aliphatic heterocycles. The van der Waals surface area contributed by atoms with E-state index in [9.17, 15) is 23.2 Å². The number of rotatable bonds is 6. The molecule has 1 aromatic carbocycles. The molecule has 0 spiro atoms. The lowest BCUT2D eigenvalue weighted by Crippen LogP contribution is -2.61. The van der Waals surface area contributed by atoms with Crippen molar-refractivity contribution in [3.63, 3.8) is 0 Å². The smallest absolute Gasteiger partial charge is 0.293 e. The minimum absolute atomic E-state index is 0.140. The largest absolute Gasteiger partial charge is 0.340 e. The van der Waals surface area contributed by atoms with E-state index < -0.39 is 36.0 Å². The zero-order valence-corrected chi connectivity index (χ0v) is 19.2. The van der Waals surface area contributed by atoms with E-state index in [0.29, 0.717) is 35.6 Å². The zero-order valence-electron chi connectivity index (χ0n) is 19.2. The molecule has 2 amide bonds. The number of nitrogens with one attached hydrogen (secondary N) is 3. The van der Waals surface area contributed by atoms with Gasteiger partial charge >= 0.3 is 0 Å². The Morgan fingerprint density at radius 2 is 1.83 bits per heavy atom. The van der Waals surface area contributed by atoms with Crippen molar-refractivity contribution in [2.45, 2.75) is 57.5 Å². The van der Waals surface area contributed by atoms with Gasteiger partial charge < -0.3 is 15.2 Å². The molecule has 0 bridgehead atoms. The number of anilines is 1. The first kappa shape index (κ1) is 22.9. The molecule has 0 unspecified atom stereocenters. The number of nitrogens with zero attached hydrogens (tertiary/aromatic N) is 3. The maximum atomic E-state index is 13.8. The fourth-order valence-corrected chi connectivity index (χ4v) is 5.13. The summed E-state index contributed by atoms with van der Waals surface area (Å²) in [5, 5.41) is 15.1. The SMILES string of the molecule is Cc1ccc(NC(=O)c2c(C)c(C(=O)C(=O)NC3(c4c[nH]nn4)CC(F)(F)C3)c3n2CCC3)cc1. The second-order valence-corrected chi connectivity index (χ2v) is 9.30. The molecule has 1 fully saturated rings. The van der Waals surface area contributed by atoms with E-state index in [0.717, 1.165) is 12.0 Å². The first-order chi connectivity index (χ1) is 16.6. The number of fused-ring (bicyclic) bond motifs is 1. The Morgan fingerprint density at radius 1 is 1.11 bits per heavy atom. The van der Waals surface area contributed by atoms with Crippen LogP contribution in [0.4, 0.5) is 14.5 Å². The zero-order chi connectivity index (χ0) is 25.0. The third-order valence-corrected chi connectivity index (χ3v) is 6.75. The van der Waals surface area contributed by atoms with Gasteiger partial charge in [0.05, 0.1) is 11.1 Å². The van der Waals surface area contributed by atoms with E-state index in [-0.39, 0.29) is 17.2 Å². The Morgan fingerprint density at radius 3 is 2.46 bits per heavy atom. The van der Waals surface area contributed by atoms with Crippen LogP contribution in [0.15, 0.2) is 30.5 Å². The van der Waals surface area contributed by atoms with Crippen LogP contribution in [0, 0.1) is 13.8 Å². The molecule has 9 nitrogen and oxygen atoms in total. The summed E-state index contributed by atoms with van der Waals surface area (Å²) in [7, 11) is 0. The van der Waals surface area contributed by atoms with Gasteiger partial charge in [0.1, 0.15) is 11.4 Å². The highest BCUT2D eigenvalue weighted by Crippen LogP contribution is 2.51. The molecule has 182 valence electrons. The molecule has 0 atom stereocenters. The predicted molar refractivity (Wildman–Crippen MR) is 121 cm³/mol. The highest BCUT2D eigenvalue weighted by atomic mass is 19.3. The minimum atomic E-state index is -2.98. The molecular weight excluding hydrogens is 458 g/mol. The van der Waals surface area contributed by atoms with Crippen LogP contribution in [0.3, 0.4) is 0 Å². The fourth-order valence-electron chi connectivity index (χ4n) is 5.13. The molecule has 3 N–H and O–H groups in total. The van der Waals surface area contributed by atoms with E-state index in [1.54, 1.807) is 23.6 Å². The van der Waals surface area contributed by atoms with Gasteiger partial charge in [-0.25, -0.2) is 8.78 Å². The molecule has 3 aromatic rings. The maximum Gasteiger partial charge on any atom is 0.293 e. The summed E-state index contributed by atoms with van der Waals surface area (Å²) in [5.41, 5.74) is 1.78. The van der Waals surface area contributed by atoms with Gasteiger partial charge in [0, 0.05) is 37.0 Å². The molecule has 2 aromatic heterocycles. The number of amides is 2. The van der Waals surface area contributed by atoms with Gasteiger partial charge in [0.15, 0.2) is 0 Å². The number of benzene rings is 1. The summed E-state index contributed by atoms with van der Waals surface area (Å²) in [6, 6.07) is 7.32. The monoisotopic (exact) mass is 482 g/mol. The molecule has 1 saturated carbocycles. The summed E-state index contributed by atoms with van der Waals surface area (Å²) in [6.45, 7) is 4.10. The maximum absolute atomic E-state index is 13.8. The third-order valence-electron chi connectivity index (χ3n) is 6.75. The molecule has 5 rings (SSSR count). The Kier molecular flexibility index (Phi) is 5.30. The van der Waals surface area contributed by atoms with Crippen molar-refractivity contribution in [1.82, 2.24) is 25.3 Å². The van der Waals surface area contributed by atoms with E-state index in [1.807, 2.05) is 19.1 Å². The lowest BCUT2D eigenvalue weighted by Gasteiger charge is -2.46. The quantitative estimate of drug-likeness (QED) is 0.368. The number of carbonyl (C=O) groups excluding carboxylic acids is 3. The van der Waals surface area contributed by atoms with Crippen LogP contribution in [0.1, 0.15) is 62.6 Å². The molecule has 0 saturated heterocycles. The van der Waals surface area contributed by atoms with Gasteiger partial charge in [-0.3, -0.25) is 19.5 Å². The Hall–Kier alpha value is -3.89. The number of hydrogen-bond acceptors (Lipinski definition) is 5. The van der Waals surface area contributed by atoms with E-state index in [1.165, 1.54) is 6.20 Å². The number of alkyl halides is 2. The van der Waals surface area contributed by atoms with Gasteiger partial charge in [-0.05, 0) is 44.4 Å². The standard InChI is InChI=1S/C24H24F2N6O3/c1-13-5-7-15(8-6-13)28-21(34)19-14(2)18(16-4-3-9-32(16)19)20(33)22(35)29-23(11-24(25,26)12-23)17-10-27-31-30-17/h5-8,10H,3-4,9,11-12H2,1-2H3,(H,28,34)(H,29,35)(H,27,30,31). The summed E-state index contributed by atoms with van der Waals surface area (Å²) in [6.07, 6.45) is 1.22. The highest BCUT2D eigenvalue weighted by molar-refractivity contribution is 6.44. The number of hydrogen-bond donors (Lipinski definition) is 3. The van der Waals surface area contributed by atoms with Crippen LogP contribution in [-0.4, -0.2) is 43.5 Å². The molecule has 1 aliphatic carbocycles. The number of aryl methyl sites for hydroxylation is 1. The fraction of sp³-hybridized carbons (Fsp3) is 0.375. The van der Waals surface area contributed by atoms with Gasteiger partial charge in [0.25, 0.3) is 23.5 Å². The first-order valence-corrected chi connectivity index (χ1v) is 11.3. The van der Waals surface area contributed by atoms with Crippen LogP contribution in [-0.2, 0) is 23.3 Å². The van der Waals surface area contributed by atoms with Gasteiger partial charge in [-0.2, -0.15) is 0 Å².